The molecule has 6 heteroatoms. The highest BCUT2D eigenvalue weighted by molar-refractivity contribution is 5.76. The highest BCUT2D eigenvalue weighted by atomic mass is 16.2. The average molecular weight is 377 g/mol. The molecule has 0 aliphatic carbocycles. The molecule has 0 bridgehead atoms. The Bertz CT molecular complexity index is 906. The minimum absolute atomic E-state index is 0.238. The van der Waals surface area contributed by atoms with Crippen molar-refractivity contribution in [2.24, 2.45) is 0 Å². The first kappa shape index (κ1) is 18.5. The molecule has 1 N–H and O–H groups in total. The lowest BCUT2D eigenvalue weighted by Crippen LogP contribution is -2.38. The maximum atomic E-state index is 12.6. The number of nitrogens with one attached hydrogen (secondary N) is 1. The van der Waals surface area contributed by atoms with Gasteiger partial charge < -0.3 is 9.47 Å². The Morgan fingerprint density at radius 3 is 2.75 bits per heavy atom. The van der Waals surface area contributed by atoms with E-state index in [1.54, 1.807) is 0 Å². The highest BCUT2D eigenvalue weighted by Crippen LogP contribution is 2.33. The number of hydrogen-bond acceptors (Lipinski definition) is 3. The van der Waals surface area contributed by atoms with Crippen LogP contribution in [0.3, 0.4) is 0 Å². The fraction of sp³-hybridized carbons (Fsp3) is 0.409. The molecule has 6 nitrogen and oxygen atoms in total. The molecule has 0 spiro atoms. The third-order valence-corrected chi connectivity index (χ3v) is 5.69. The van der Waals surface area contributed by atoms with E-state index in [4.69, 9.17) is 0 Å². The lowest BCUT2D eigenvalue weighted by molar-refractivity contribution is -0.132. The molecule has 0 atom stereocenters. The second-order valence-corrected chi connectivity index (χ2v) is 7.36. The van der Waals surface area contributed by atoms with Crippen LogP contribution in [0.15, 0.2) is 48.9 Å². The molecular formula is C22H27N5O. The number of aryl methyl sites for hydroxylation is 2. The van der Waals surface area contributed by atoms with Crippen molar-refractivity contribution in [1.29, 1.82) is 0 Å². The number of carbonyl (C=O) groups excluding carboxylic acids is 1. The number of hydrogen-bond donors (Lipinski definition) is 1. The van der Waals surface area contributed by atoms with Crippen LogP contribution in [0, 0.1) is 0 Å². The zero-order valence-corrected chi connectivity index (χ0v) is 16.3. The fourth-order valence-corrected chi connectivity index (χ4v) is 4.10. The van der Waals surface area contributed by atoms with Crippen LogP contribution in [0.1, 0.15) is 43.6 Å². The van der Waals surface area contributed by atoms with Crippen molar-refractivity contribution in [2.45, 2.75) is 45.1 Å². The number of aromatic nitrogens is 4. The summed E-state index contributed by atoms with van der Waals surface area (Å²) in [5, 5.41) is 7.50. The van der Waals surface area contributed by atoms with Crippen LogP contribution in [0.5, 0.6) is 0 Å². The van der Waals surface area contributed by atoms with Crippen LogP contribution in [0.25, 0.3) is 11.1 Å². The van der Waals surface area contributed by atoms with Crippen molar-refractivity contribution in [2.75, 3.05) is 13.1 Å². The van der Waals surface area contributed by atoms with E-state index in [1.807, 2.05) is 29.6 Å². The van der Waals surface area contributed by atoms with Crippen LogP contribution in [-0.2, 0) is 17.8 Å². The van der Waals surface area contributed by atoms with Gasteiger partial charge >= 0.3 is 0 Å². The van der Waals surface area contributed by atoms with Crippen molar-refractivity contribution in [3.63, 3.8) is 0 Å². The van der Waals surface area contributed by atoms with E-state index in [9.17, 15) is 4.79 Å². The maximum Gasteiger partial charge on any atom is 0.224 e. The van der Waals surface area contributed by atoms with Gasteiger partial charge in [-0.3, -0.25) is 9.89 Å². The second-order valence-electron chi connectivity index (χ2n) is 7.36. The molecule has 3 aromatic rings. The van der Waals surface area contributed by atoms with Crippen molar-refractivity contribution in [1.82, 2.24) is 24.6 Å². The fourth-order valence-electron chi connectivity index (χ4n) is 4.10. The summed E-state index contributed by atoms with van der Waals surface area (Å²) < 4.78 is 2.08. The van der Waals surface area contributed by atoms with Gasteiger partial charge in [-0.2, -0.15) is 5.10 Å². The Kier molecular flexibility index (Phi) is 5.55. The van der Waals surface area contributed by atoms with Crippen LogP contribution in [0.2, 0.25) is 0 Å². The standard InChI is InChI=1S/C22H27N5O/c1-2-20-23-11-15-26(20)14-10-21(28)27-12-8-18(9-13-27)22-19(16-24-25-22)17-6-4-3-5-7-17/h3-7,11,15-16,18H,2,8-10,12-14H2,1H3,(H,24,25). The molecule has 4 rings (SSSR count). The third kappa shape index (κ3) is 3.86. The number of imidazole rings is 1. The number of rotatable bonds is 6. The van der Waals surface area contributed by atoms with E-state index in [2.05, 4.69) is 50.9 Å². The zero-order chi connectivity index (χ0) is 19.3. The van der Waals surface area contributed by atoms with Crippen LogP contribution >= 0.6 is 0 Å². The molecule has 1 amide bonds. The van der Waals surface area contributed by atoms with Gasteiger partial charge in [0, 0.05) is 62.0 Å². The largest absolute Gasteiger partial charge is 0.343 e. The van der Waals surface area contributed by atoms with Crippen molar-refractivity contribution in [3.8, 4) is 11.1 Å². The first-order valence-electron chi connectivity index (χ1n) is 10.1. The SMILES string of the molecule is CCc1nccn1CCC(=O)N1CCC(c2[nH]ncc2-c2ccccc2)CC1. The summed E-state index contributed by atoms with van der Waals surface area (Å²) in [5.41, 5.74) is 3.57. The van der Waals surface area contributed by atoms with Gasteiger partial charge in [-0.15, -0.1) is 0 Å². The molecule has 0 unspecified atom stereocenters. The zero-order valence-electron chi connectivity index (χ0n) is 16.3. The number of likely N-dealkylation sites (tertiary alicyclic amines) is 1. The lowest BCUT2D eigenvalue weighted by Gasteiger charge is -2.32. The molecule has 0 saturated carbocycles. The summed E-state index contributed by atoms with van der Waals surface area (Å²) >= 11 is 0. The number of amides is 1. The van der Waals surface area contributed by atoms with E-state index < -0.39 is 0 Å². The minimum Gasteiger partial charge on any atom is -0.343 e. The van der Waals surface area contributed by atoms with E-state index in [0.717, 1.165) is 38.2 Å². The monoisotopic (exact) mass is 377 g/mol. The van der Waals surface area contributed by atoms with E-state index in [-0.39, 0.29) is 5.91 Å². The van der Waals surface area contributed by atoms with Gasteiger partial charge in [0.05, 0.1) is 6.20 Å². The molecule has 3 heterocycles. The average Bonchev–Trinajstić information content (AvgIpc) is 3.42. The molecule has 2 aromatic heterocycles. The number of piperidine rings is 1. The summed E-state index contributed by atoms with van der Waals surface area (Å²) in [6, 6.07) is 10.4. The maximum absolute atomic E-state index is 12.6. The second kappa shape index (κ2) is 8.42. The predicted molar refractivity (Wildman–Crippen MR) is 109 cm³/mol. The number of benzene rings is 1. The van der Waals surface area contributed by atoms with Crippen LogP contribution < -0.4 is 0 Å². The Balaban J connectivity index is 1.34. The van der Waals surface area contributed by atoms with Gasteiger partial charge in [0.2, 0.25) is 5.91 Å². The molecular weight excluding hydrogens is 350 g/mol. The molecule has 1 saturated heterocycles. The van der Waals surface area contributed by atoms with E-state index >= 15 is 0 Å². The number of carbonyl (C=O) groups is 1. The molecule has 146 valence electrons. The normalized spacial score (nSPS) is 15.1. The lowest BCUT2D eigenvalue weighted by atomic mass is 9.89. The first-order valence-corrected chi connectivity index (χ1v) is 10.1. The molecule has 1 aliphatic heterocycles. The van der Waals surface area contributed by atoms with E-state index in [1.165, 1.54) is 16.8 Å². The highest BCUT2D eigenvalue weighted by Gasteiger charge is 2.26. The van der Waals surface area contributed by atoms with Crippen molar-refractivity contribution < 1.29 is 4.79 Å². The molecule has 1 aliphatic rings. The molecule has 1 fully saturated rings. The molecule has 1 aromatic carbocycles. The Labute approximate surface area is 165 Å². The molecule has 0 radical (unpaired) electrons. The third-order valence-electron chi connectivity index (χ3n) is 5.69. The van der Waals surface area contributed by atoms with Gasteiger partial charge in [0.15, 0.2) is 0 Å². The summed E-state index contributed by atoms with van der Waals surface area (Å²) in [7, 11) is 0. The van der Waals surface area contributed by atoms with Crippen molar-refractivity contribution in [3.05, 3.63) is 60.4 Å². The minimum atomic E-state index is 0.238. The van der Waals surface area contributed by atoms with Gasteiger partial charge in [-0.05, 0) is 18.4 Å². The number of aromatic amines is 1. The molecule has 28 heavy (non-hydrogen) atoms. The Hall–Kier alpha value is -2.89. The first-order chi connectivity index (χ1) is 13.8. The summed E-state index contributed by atoms with van der Waals surface area (Å²) in [6.45, 7) is 4.41. The van der Waals surface area contributed by atoms with Gasteiger partial charge in [0.25, 0.3) is 0 Å². The number of nitrogens with zero attached hydrogens (tertiary/aromatic N) is 4. The quantitative estimate of drug-likeness (QED) is 0.713. The Morgan fingerprint density at radius 1 is 1.21 bits per heavy atom. The smallest absolute Gasteiger partial charge is 0.224 e. The van der Waals surface area contributed by atoms with Gasteiger partial charge in [-0.1, -0.05) is 37.3 Å². The number of H-pyrrole nitrogens is 1. The van der Waals surface area contributed by atoms with Gasteiger partial charge in [0.1, 0.15) is 5.82 Å². The van der Waals surface area contributed by atoms with Crippen LogP contribution in [-0.4, -0.2) is 43.6 Å². The summed E-state index contributed by atoms with van der Waals surface area (Å²) in [6.07, 6.45) is 9.05. The Morgan fingerprint density at radius 2 is 2.00 bits per heavy atom. The van der Waals surface area contributed by atoms with E-state index in [0.29, 0.717) is 18.9 Å². The summed E-state index contributed by atoms with van der Waals surface area (Å²) in [5.74, 6) is 1.70. The van der Waals surface area contributed by atoms with Crippen LogP contribution in [0.4, 0.5) is 0 Å². The van der Waals surface area contributed by atoms with Crippen molar-refractivity contribution >= 4 is 5.91 Å². The van der Waals surface area contributed by atoms with Gasteiger partial charge in [-0.25, -0.2) is 4.98 Å². The summed E-state index contributed by atoms with van der Waals surface area (Å²) in [4.78, 5) is 19.0. The predicted octanol–water partition coefficient (Wildman–Crippen LogP) is 3.63. The topological polar surface area (TPSA) is 66.8 Å².